The largest absolute Gasteiger partial charge is 0.465 e. The van der Waals surface area contributed by atoms with Crippen molar-refractivity contribution in [3.05, 3.63) is 113 Å². The first-order chi connectivity index (χ1) is 17.4. The lowest BCUT2D eigenvalue weighted by atomic mass is 10.1. The van der Waals surface area contributed by atoms with Gasteiger partial charge in [0.25, 0.3) is 5.91 Å². The van der Waals surface area contributed by atoms with Gasteiger partial charge in [-0.05, 0) is 35.9 Å². The number of hydrogen-bond acceptors (Lipinski definition) is 4. The maximum Gasteiger partial charge on any atom is 0.337 e. The van der Waals surface area contributed by atoms with E-state index in [2.05, 4.69) is 5.32 Å². The number of rotatable bonds is 6. The predicted molar refractivity (Wildman–Crippen MR) is 132 cm³/mol. The first kappa shape index (κ1) is 23.0. The van der Waals surface area contributed by atoms with Crippen molar-refractivity contribution >= 4 is 34.9 Å². The van der Waals surface area contributed by atoms with Gasteiger partial charge in [0, 0.05) is 34.8 Å². The third-order valence-corrected chi connectivity index (χ3v) is 6.07. The number of halogens is 1. The molecule has 1 aromatic heterocycles. The first-order valence-electron chi connectivity index (χ1n) is 11.3. The predicted octanol–water partition coefficient (Wildman–Crippen LogP) is 4.71. The Kier molecular flexibility index (Phi) is 6.08. The Morgan fingerprint density at radius 2 is 1.78 bits per heavy atom. The number of carbonyl (C=O) groups is 3. The molecule has 3 amide bonds. The lowest BCUT2D eigenvalue weighted by Gasteiger charge is -2.12. The van der Waals surface area contributed by atoms with Gasteiger partial charge >= 0.3 is 12.0 Å². The zero-order valence-electron chi connectivity index (χ0n) is 19.4. The Morgan fingerprint density at radius 3 is 2.58 bits per heavy atom. The number of hydrogen-bond donors (Lipinski definition) is 1. The van der Waals surface area contributed by atoms with Crippen LogP contribution in [0.3, 0.4) is 0 Å². The fourth-order valence-corrected chi connectivity index (χ4v) is 4.30. The van der Waals surface area contributed by atoms with Crippen LogP contribution in [-0.2, 0) is 22.6 Å². The van der Waals surface area contributed by atoms with E-state index in [1.165, 1.54) is 13.2 Å². The van der Waals surface area contributed by atoms with Crippen LogP contribution >= 0.6 is 0 Å². The van der Waals surface area contributed by atoms with Gasteiger partial charge in [-0.1, -0.05) is 48.5 Å². The van der Waals surface area contributed by atoms with Gasteiger partial charge in [0.1, 0.15) is 11.5 Å². The quantitative estimate of drug-likeness (QED) is 0.245. The molecule has 0 bridgehead atoms. The van der Waals surface area contributed by atoms with E-state index in [-0.39, 0.29) is 17.8 Å². The molecule has 0 saturated carbocycles. The summed E-state index contributed by atoms with van der Waals surface area (Å²) in [5, 5.41) is 3.50. The second kappa shape index (κ2) is 9.50. The molecule has 5 rings (SSSR count). The highest BCUT2D eigenvalue weighted by molar-refractivity contribution is 6.14. The summed E-state index contributed by atoms with van der Waals surface area (Å²) in [5.41, 5.74) is 3.40. The van der Waals surface area contributed by atoms with Crippen molar-refractivity contribution in [2.75, 3.05) is 7.11 Å². The van der Waals surface area contributed by atoms with Crippen LogP contribution in [0, 0.1) is 5.82 Å². The van der Waals surface area contributed by atoms with Crippen LogP contribution in [0.15, 0.2) is 84.7 Å². The van der Waals surface area contributed by atoms with E-state index in [4.69, 9.17) is 4.74 Å². The summed E-state index contributed by atoms with van der Waals surface area (Å²) in [7, 11) is 1.34. The Bertz CT molecular complexity index is 1540. The molecule has 0 aliphatic carbocycles. The fourth-order valence-electron chi connectivity index (χ4n) is 4.30. The number of aromatic nitrogens is 1. The molecule has 4 aromatic rings. The summed E-state index contributed by atoms with van der Waals surface area (Å²) >= 11 is 0. The Hall–Kier alpha value is -4.72. The SMILES string of the molecule is COC(=O)c1cccc(Cn2cc(/C=C3\NC(=O)N(Cc4ccccc4F)C3=O)c3ccccc32)c1. The van der Waals surface area contributed by atoms with E-state index in [0.717, 1.165) is 26.9 Å². The first-order valence-corrected chi connectivity index (χ1v) is 11.3. The van der Waals surface area contributed by atoms with E-state index in [1.54, 1.807) is 42.5 Å². The summed E-state index contributed by atoms with van der Waals surface area (Å²) in [5.74, 6) is -1.41. The number of fused-ring (bicyclic) bond motifs is 1. The summed E-state index contributed by atoms with van der Waals surface area (Å²) in [6.07, 6.45) is 3.52. The normalized spacial score (nSPS) is 14.5. The van der Waals surface area contributed by atoms with Gasteiger partial charge in [-0.2, -0.15) is 0 Å². The molecule has 180 valence electrons. The van der Waals surface area contributed by atoms with Crippen molar-refractivity contribution < 1.29 is 23.5 Å². The molecule has 3 aromatic carbocycles. The molecule has 1 fully saturated rings. The van der Waals surface area contributed by atoms with Gasteiger partial charge < -0.3 is 14.6 Å². The fraction of sp³-hybridized carbons (Fsp3) is 0.107. The molecule has 0 unspecified atom stereocenters. The average molecular weight is 483 g/mol. The van der Waals surface area contributed by atoms with Crippen molar-refractivity contribution in [2.24, 2.45) is 0 Å². The molecule has 1 N–H and O–H groups in total. The molecular formula is C28H22FN3O4. The van der Waals surface area contributed by atoms with Gasteiger partial charge in [0.05, 0.1) is 19.2 Å². The molecule has 1 aliphatic rings. The van der Waals surface area contributed by atoms with Gasteiger partial charge in [0.15, 0.2) is 0 Å². The molecule has 0 spiro atoms. The number of methoxy groups -OCH3 is 1. The number of esters is 1. The molecule has 8 heteroatoms. The average Bonchev–Trinajstić information content (AvgIpc) is 3.36. The van der Waals surface area contributed by atoms with Gasteiger partial charge in [-0.3, -0.25) is 9.69 Å². The molecular weight excluding hydrogens is 461 g/mol. The van der Waals surface area contributed by atoms with Crippen LogP contribution < -0.4 is 5.32 Å². The van der Waals surface area contributed by atoms with Gasteiger partial charge in [-0.15, -0.1) is 0 Å². The van der Waals surface area contributed by atoms with E-state index >= 15 is 0 Å². The number of urea groups is 1. The second-order valence-electron chi connectivity index (χ2n) is 8.39. The molecule has 7 nitrogen and oxygen atoms in total. The Morgan fingerprint density at radius 1 is 1.00 bits per heavy atom. The van der Waals surface area contributed by atoms with Crippen molar-refractivity contribution in [2.45, 2.75) is 13.1 Å². The van der Waals surface area contributed by atoms with Crippen molar-refractivity contribution in [3.63, 3.8) is 0 Å². The van der Waals surface area contributed by atoms with Crippen LogP contribution in [0.1, 0.15) is 27.0 Å². The topological polar surface area (TPSA) is 80.6 Å². The minimum absolute atomic E-state index is 0.118. The standard InChI is InChI=1S/C28H22FN3O4/c1-36-27(34)19-9-6-7-18(13-19)15-31-16-21(22-10-3-5-12-25(22)31)14-24-26(33)32(28(35)30-24)17-20-8-2-4-11-23(20)29/h2-14,16H,15,17H2,1H3,(H,30,35)/b24-14-. The van der Waals surface area contributed by atoms with Crippen molar-refractivity contribution in [3.8, 4) is 0 Å². The number of amides is 3. The van der Waals surface area contributed by atoms with E-state index in [1.807, 2.05) is 41.1 Å². The third-order valence-electron chi connectivity index (χ3n) is 6.07. The number of benzene rings is 3. The number of nitrogens with one attached hydrogen (secondary N) is 1. The molecule has 2 heterocycles. The van der Waals surface area contributed by atoms with E-state index in [9.17, 15) is 18.8 Å². The summed E-state index contributed by atoms with van der Waals surface area (Å²) in [6.45, 7) is 0.321. The van der Waals surface area contributed by atoms with Crippen molar-refractivity contribution in [1.29, 1.82) is 0 Å². The highest BCUT2D eigenvalue weighted by atomic mass is 19.1. The molecule has 1 aliphatic heterocycles. The highest BCUT2D eigenvalue weighted by Crippen LogP contribution is 2.26. The van der Waals surface area contributed by atoms with E-state index < -0.39 is 23.7 Å². The maximum atomic E-state index is 14.1. The van der Waals surface area contributed by atoms with Gasteiger partial charge in [0.2, 0.25) is 0 Å². The van der Waals surface area contributed by atoms with Gasteiger partial charge in [-0.25, -0.2) is 14.0 Å². The minimum atomic E-state index is -0.599. The molecule has 0 radical (unpaired) electrons. The van der Waals surface area contributed by atoms with Crippen molar-refractivity contribution in [1.82, 2.24) is 14.8 Å². The van der Waals surface area contributed by atoms with E-state index in [0.29, 0.717) is 12.1 Å². The van der Waals surface area contributed by atoms with Crippen LogP contribution in [0.25, 0.3) is 17.0 Å². The smallest absolute Gasteiger partial charge is 0.337 e. The zero-order chi connectivity index (χ0) is 25.2. The summed E-state index contributed by atoms with van der Waals surface area (Å²) in [4.78, 5) is 38.4. The summed E-state index contributed by atoms with van der Waals surface area (Å²) < 4.78 is 20.9. The number of carbonyl (C=O) groups excluding carboxylic acids is 3. The highest BCUT2D eigenvalue weighted by Gasteiger charge is 2.34. The molecule has 0 atom stereocenters. The molecule has 36 heavy (non-hydrogen) atoms. The lowest BCUT2D eigenvalue weighted by molar-refractivity contribution is -0.123. The van der Waals surface area contributed by atoms with Crippen LogP contribution in [0.4, 0.5) is 9.18 Å². The second-order valence-corrected chi connectivity index (χ2v) is 8.39. The molecule has 1 saturated heterocycles. The number of nitrogens with zero attached hydrogens (tertiary/aromatic N) is 2. The monoisotopic (exact) mass is 483 g/mol. The third kappa shape index (κ3) is 4.36. The van der Waals surface area contributed by atoms with Crippen LogP contribution in [0.5, 0.6) is 0 Å². The minimum Gasteiger partial charge on any atom is -0.465 e. The number of imide groups is 1. The summed E-state index contributed by atoms with van der Waals surface area (Å²) in [6, 6.07) is 20.3. The Labute approximate surface area is 206 Å². The van der Waals surface area contributed by atoms with Crippen LogP contribution in [-0.4, -0.2) is 34.5 Å². The lowest BCUT2D eigenvalue weighted by Crippen LogP contribution is -2.30. The number of para-hydroxylation sites is 1. The zero-order valence-corrected chi connectivity index (χ0v) is 19.4. The Balaban J connectivity index is 1.46. The van der Waals surface area contributed by atoms with Crippen LogP contribution in [0.2, 0.25) is 0 Å². The maximum absolute atomic E-state index is 14.1. The number of ether oxygens (including phenoxy) is 1.